The molecule has 1 N–H and O–H groups in total. The van der Waals surface area contributed by atoms with Crippen molar-refractivity contribution in [3.63, 3.8) is 0 Å². The van der Waals surface area contributed by atoms with E-state index in [0.717, 1.165) is 63.9 Å². The predicted octanol–water partition coefficient (Wildman–Crippen LogP) is 2.96. The van der Waals surface area contributed by atoms with Gasteiger partial charge in [-0.1, -0.05) is 19.3 Å². The Kier molecular flexibility index (Phi) is 8.03. The molecule has 2 amide bonds. The molecule has 2 saturated heterocycles. The van der Waals surface area contributed by atoms with Crippen molar-refractivity contribution in [3.8, 4) is 0 Å². The van der Waals surface area contributed by atoms with Crippen molar-refractivity contribution in [3.05, 3.63) is 24.3 Å². The molecule has 3 fully saturated rings. The van der Waals surface area contributed by atoms with Crippen LogP contribution in [0.4, 0.5) is 11.4 Å². The van der Waals surface area contributed by atoms with Crippen molar-refractivity contribution in [1.82, 2.24) is 9.80 Å². The van der Waals surface area contributed by atoms with Crippen LogP contribution in [0.25, 0.3) is 0 Å². The summed E-state index contributed by atoms with van der Waals surface area (Å²) in [4.78, 5) is 32.0. The molecule has 1 aliphatic carbocycles. The van der Waals surface area contributed by atoms with Crippen LogP contribution in [0.1, 0.15) is 45.4 Å². The lowest BCUT2D eigenvalue weighted by atomic mass is 9.86. The van der Waals surface area contributed by atoms with E-state index < -0.39 is 0 Å². The minimum Gasteiger partial charge on any atom is -0.378 e. The molecular formula is C25H38N4O3. The lowest BCUT2D eigenvalue weighted by Crippen LogP contribution is -2.54. The van der Waals surface area contributed by atoms with Crippen LogP contribution < -0.4 is 10.2 Å². The molecule has 0 bridgehead atoms. The Morgan fingerprint density at radius 2 is 1.62 bits per heavy atom. The van der Waals surface area contributed by atoms with E-state index in [2.05, 4.69) is 27.2 Å². The van der Waals surface area contributed by atoms with Gasteiger partial charge >= 0.3 is 0 Å². The highest BCUT2D eigenvalue weighted by Crippen LogP contribution is 2.27. The Balaban J connectivity index is 1.21. The maximum atomic E-state index is 12.8. The van der Waals surface area contributed by atoms with Gasteiger partial charge in [-0.2, -0.15) is 0 Å². The van der Waals surface area contributed by atoms with E-state index in [0.29, 0.717) is 18.2 Å². The molecule has 32 heavy (non-hydrogen) atoms. The van der Waals surface area contributed by atoms with Gasteiger partial charge in [0.15, 0.2) is 0 Å². The van der Waals surface area contributed by atoms with Gasteiger partial charge in [0.05, 0.1) is 19.3 Å². The average Bonchev–Trinajstić information content (AvgIpc) is 2.85. The summed E-state index contributed by atoms with van der Waals surface area (Å²) in [6.07, 6.45) is 6.98. The molecular weight excluding hydrogens is 404 g/mol. The molecule has 2 aliphatic heterocycles. The molecule has 7 nitrogen and oxygen atoms in total. The summed E-state index contributed by atoms with van der Waals surface area (Å²) < 4.78 is 5.41. The Morgan fingerprint density at radius 3 is 2.28 bits per heavy atom. The zero-order valence-electron chi connectivity index (χ0n) is 19.4. The van der Waals surface area contributed by atoms with Gasteiger partial charge in [-0.3, -0.25) is 14.5 Å². The highest BCUT2D eigenvalue weighted by atomic mass is 16.5. The van der Waals surface area contributed by atoms with Crippen LogP contribution in [0, 0.1) is 5.92 Å². The quantitative estimate of drug-likeness (QED) is 0.734. The van der Waals surface area contributed by atoms with Crippen molar-refractivity contribution >= 4 is 23.2 Å². The molecule has 2 heterocycles. The van der Waals surface area contributed by atoms with Crippen LogP contribution >= 0.6 is 0 Å². The smallest absolute Gasteiger partial charge is 0.241 e. The molecule has 176 valence electrons. The second-order valence-electron chi connectivity index (χ2n) is 9.44. The van der Waals surface area contributed by atoms with Gasteiger partial charge < -0.3 is 19.9 Å². The number of ether oxygens (including phenoxy) is 1. The third-order valence-corrected chi connectivity index (χ3v) is 7.29. The zero-order chi connectivity index (χ0) is 22.3. The second kappa shape index (κ2) is 11.1. The summed E-state index contributed by atoms with van der Waals surface area (Å²) in [7, 11) is 0. The third-order valence-electron chi connectivity index (χ3n) is 7.29. The van der Waals surface area contributed by atoms with E-state index in [-0.39, 0.29) is 11.9 Å². The molecule has 0 aromatic heterocycles. The topological polar surface area (TPSA) is 65.1 Å². The summed E-state index contributed by atoms with van der Waals surface area (Å²) in [5, 5.41) is 3.05. The van der Waals surface area contributed by atoms with Gasteiger partial charge in [0.25, 0.3) is 0 Å². The van der Waals surface area contributed by atoms with Crippen LogP contribution in [0.15, 0.2) is 24.3 Å². The number of anilines is 2. The first-order valence-corrected chi connectivity index (χ1v) is 12.4. The van der Waals surface area contributed by atoms with Crippen LogP contribution in [-0.2, 0) is 14.3 Å². The molecule has 1 aromatic carbocycles. The van der Waals surface area contributed by atoms with Crippen molar-refractivity contribution in [2.45, 2.75) is 51.5 Å². The largest absolute Gasteiger partial charge is 0.378 e. The van der Waals surface area contributed by atoms with Crippen molar-refractivity contribution in [2.24, 2.45) is 5.92 Å². The summed E-state index contributed by atoms with van der Waals surface area (Å²) in [5.74, 6) is 0.883. The number of carbonyl (C=O) groups is 2. The summed E-state index contributed by atoms with van der Waals surface area (Å²) in [5.41, 5.74) is 1.98. The molecule has 1 atom stereocenters. The van der Waals surface area contributed by atoms with Gasteiger partial charge in [-0.15, -0.1) is 0 Å². The van der Waals surface area contributed by atoms with E-state index in [1.807, 2.05) is 24.0 Å². The van der Waals surface area contributed by atoms with Gasteiger partial charge in [0, 0.05) is 57.1 Å². The molecule has 4 rings (SSSR count). The number of rotatable bonds is 6. The fourth-order valence-electron chi connectivity index (χ4n) is 5.12. The molecule has 1 unspecified atom stereocenters. The highest BCUT2D eigenvalue weighted by molar-refractivity contribution is 5.94. The summed E-state index contributed by atoms with van der Waals surface area (Å²) >= 11 is 0. The first kappa shape index (κ1) is 23.1. The molecule has 0 radical (unpaired) electrons. The van der Waals surface area contributed by atoms with Crippen molar-refractivity contribution in [1.29, 1.82) is 0 Å². The predicted molar refractivity (Wildman–Crippen MR) is 127 cm³/mol. The maximum absolute atomic E-state index is 12.8. The molecule has 7 heteroatoms. The first-order chi connectivity index (χ1) is 15.6. The molecule has 0 spiro atoms. The maximum Gasteiger partial charge on any atom is 0.241 e. The van der Waals surface area contributed by atoms with Gasteiger partial charge in [0.1, 0.15) is 0 Å². The lowest BCUT2D eigenvalue weighted by molar-refractivity contribution is -0.135. The fraction of sp³-hybridized carbons (Fsp3) is 0.680. The number of benzene rings is 1. The lowest BCUT2D eigenvalue weighted by Gasteiger charge is -2.38. The number of hydrogen-bond donors (Lipinski definition) is 1. The molecule has 1 aromatic rings. The Labute approximate surface area is 192 Å². The number of nitrogens with zero attached hydrogens (tertiary/aromatic N) is 3. The monoisotopic (exact) mass is 442 g/mol. The van der Waals surface area contributed by atoms with E-state index in [9.17, 15) is 9.59 Å². The Morgan fingerprint density at radius 1 is 0.969 bits per heavy atom. The van der Waals surface area contributed by atoms with Crippen molar-refractivity contribution in [2.75, 3.05) is 62.7 Å². The van der Waals surface area contributed by atoms with Crippen LogP contribution in [0.5, 0.6) is 0 Å². The summed E-state index contributed by atoms with van der Waals surface area (Å²) in [6, 6.07) is 7.84. The number of carbonyl (C=O) groups excluding carboxylic acids is 2. The molecule has 3 aliphatic rings. The normalized spacial score (nSPS) is 21.9. The standard InChI is InChI=1S/C25H38N4O3/c1-20(25(31)26-22-7-9-23(10-8-22)28-15-17-32-18-16-28)27-11-13-29(14-12-27)24(30)19-21-5-3-2-4-6-21/h7-10,20-21H,2-6,11-19H2,1H3,(H,26,31). The minimum atomic E-state index is -0.218. The van der Waals surface area contributed by atoms with E-state index in [1.54, 1.807) is 0 Å². The number of piperazine rings is 1. The number of nitrogens with one attached hydrogen (secondary N) is 1. The fourth-order valence-corrected chi connectivity index (χ4v) is 5.12. The van der Waals surface area contributed by atoms with Gasteiger partial charge in [-0.05, 0) is 49.9 Å². The number of hydrogen-bond acceptors (Lipinski definition) is 5. The first-order valence-electron chi connectivity index (χ1n) is 12.4. The third kappa shape index (κ3) is 6.01. The second-order valence-corrected chi connectivity index (χ2v) is 9.44. The Bertz CT molecular complexity index is 749. The van der Waals surface area contributed by atoms with Crippen LogP contribution in [0.3, 0.4) is 0 Å². The van der Waals surface area contributed by atoms with E-state index in [1.165, 1.54) is 32.1 Å². The zero-order valence-corrected chi connectivity index (χ0v) is 19.4. The SMILES string of the molecule is CC(C(=O)Nc1ccc(N2CCOCC2)cc1)N1CCN(C(=O)CC2CCCCC2)CC1. The van der Waals surface area contributed by atoms with Crippen molar-refractivity contribution < 1.29 is 14.3 Å². The minimum absolute atomic E-state index is 0.00565. The van der Waals surface area contributed by atoms with E-state index >= 15 is 0 Å². The highest BCUT2D eigenvalue weighted by Gasteiger charge is 2.28. The van der Waals surface area contributed by atoms with Crippen LogP contribution in [0.2, 0.25) is 0 Å². The average molecular weight is 443 g/mol. The number of morpholine rings is 1. The number of amides is 2. The van der Waals surface area contributed by atoms with Gasteiger partial charge in [-0.25, -0.2) is 0 Å². The van der Waals surface area contributed by atoms with Crippen LogP contribution in [-0.4, -0.2) is 80.1 Å². The Hall–Kier alpha value is -2.12. The molecule has 1 saturated carbocycles. The van der Waals surface area contributed by atoms with Gasteiger partial charge in [0.2, 0.25) is 11.8 Å². The van der Waals surface area contributed by atoms with E-state index in [4.69, 9.17) is 4.74 Å². The summed E-state index contributed by atoms with van der Waals surface area (Å²) in [6.45, 7) is 8.22.